The van der Waals surface area contributed by atoms with Gasteiger partial charge in [-0.3, -0.25) is 0 Å². The van der Waals surface area contributed by atoms with E-state index in [1.807, 2.05) is 17.8 Å². The van der Waals surface area contributed by atoms with Gasteiger partial charge in [0.15, 0.2) is 0 Å². The van der Waals surface area contributed by atoms with E-state index in [9.17, 15) is 4.39 Å². The topological polar surface area (TPSA) is 17.8 Å². The van der Waals surface area contributed by atoms with E-state index in [-0.39, 0.29) is 11.2 Å². The fourth-order valence-corrected chi connectivity index (χ4v) is 1.99. The first kappa shape index (κ1) is 11.8. The van der Waals surface area contributed by atoms with Crippen LogP contribution < -0.4 is 0 Å². The Kier molecular flexibility index (Phi) is 2.77. The molecule has 0 aliphatic carbocycles. The summed E-state index contributed by atoms with van der Waals surface area (Å²) in [6.07, 6.45) is 1.89. The maximum absolute atomic E-state index is 12.9. The number of benzene rings is 1. The van der Waals surface area contributed by atoms with Gasteiger partial charge in [0.25, 0.3) is 0 Å². The highest BCUT2D eigenvalue weighted by Crippen LogP contribution is 2.26. The van der Waals surface area contributed by atoms with Crippen molar-refractivity contribution in [2.24, 2.45) is 0 Å². The van der Waals surface area contributed by atoms with Crippen molar-refractivity contribution in [1.82, 2.24) is 9.78 Å². The summed E-state index contributed by atoms with van der Waals surface area (Å²) >= 11 is 0. The molecule has 0 atom stereocenters. The summed E-state index contributed by atoms with van der Waals surface area (Å²) in [5, 5.41) is 4.38. The maximum Gasteiger partial charge on any atom is 0.123 e. The fourth-order valence-electron chi connectivity index (χ4n) is 1.99. The Bertz CT molecular complexity index is 518. The Hall–Kier alpha value is -1.64. The molecule has 2 nitrogen and oxygen atoms in total. The van der Waals surface area contributed by atoms with Crippen molar-refractivity contribution in [1.29, 1.82) is 0 Å². The Labute approximate surface area is 101 Å². The van der Waals surface area contributed by atoms with Gasteiger partial charge in [0, 0.05) is 5.69 Å². The Balaban J connectivity index is 2.48. The number of hydrogen-bond donors (Lipinski definition) is 0. The zero-order valence-corrected chi connectivity index (χ0v) is 10.7. The molecule has 0 spiro atoms. The van der Waals surface area contributed by atoms with E-state index in [1.54, 1.807) is 12.1 Å². The Morgan fingerprint density at radius 2 is 1.71 bits per heavy atom. The Morgan fingerprint density at radius 3 is 2.18 bits per heavy atom. The lowest BCUT2D eigenvalue weighted by Gasteiger charge is -2.18. The van der Waals surface area contributed by atoms with Crippen molar-refractivity contribution >= 4 is 0 Å². The monoisotopic (exact) mass is 232 g/mol. The number of halogens is 1. The number of rotatable bonds is 1. The van der Waals surface area contributed by atoms with E-state index in [4.69, 9.17) is 0 Å². The van der Waals surface area contributed by atoms with Gasteiger partial charge in [-0.25, -0.2) is 9.07 Å². The van der Waals surface area contributed by atoms with Crippen LogP contribution in [0.15, 0.2) is 30.5 Å². The lowest BCUT2D eigenvalue weighted by atomic mass is 9.87. The van der Waals surface area contributed by atoms with Gasteiger partial charge >= 0.3 is 0 Å². The first-order chi connectivity index (χ1) is 7.89. The highest BCUT2D eigenvalue weighted by atomic mass is 19.1. The van der Waals surface area contributed by atoms with Crippen molar-refractivity contribution < 1.29 is 4.39 Å². The Morgan fingerprint density at radius 1 is 1.12 bits per heavy atom. The predicted octanol–water partition coefficient (Wildman–Crippen LogP) is 3.62. The van der Waals surface area contributed by atoms with Crippen LogP contribution in [0.1, 0.15) is 32.0 Å². The third-order valence-corrected chi connectivity index (χ3v) is 2.89. The van der Waals surface area contributed by atoms with E-state index in [0.29, 0.717) is 0 Å². The lowest BCUT2D eigenvalue weighted by Crippen LogP contribution is -2.12. The molecule has 0 saturated heterocycles. The molecule has 0 aliphatic rings. The van der Waals surface area contributed by atoms with Gasteiger partial charge in [0.1, 0.15) is 5.82 Å². The summed E-state index contributed by atoms with van der Waals surface area (Å²) in [4.78, 5) is 0. The molecule has 1 heterocycles. The predicted molar refractivity (Wildman–Crippen MR) is 67.0 cm³/mol. The first-order valence-electron chi connectivity index (χ1n) is 5.70. The maximum atomic E-state index is 12.9. The van der Waals surface area contributed by atoms with Crippen molar-refractivity contribution in [3.63, 3.8) is 0 Å². The molecule has 0 fully saturated rings. The molecule has 90 valence electrons. The second-order valence-electron chi connectivity index (χ2n) is 5.28. The normalized spacial score (nSPS) is 11.8. The van der Waals surface area contributed by atoms with Gasteiger partial charge in [0.2, 0.25) is 0 Å². The minimum Gasteiger partial charge on any atom is -0.238 e. The van der Waals surface area contributed by atoms with Crippen LogP contribution in [0.4, 0.5) is 4.39 Å². The SMILES string of the molecule is Cc1c(C(C)(C)C)cnn1-c1ccc(F)cc1. The average Bonchev–Trinajstić information content (AvgIpc) is 2.61. The summed E-state index contributed by atoms with van der Waals surface area (Å²) < 4.78 is 14.7. The minimum atomic E-state index is -0.227. The van der Waals surface area contributed by atoms with Crippen LogP contribution in [0.2, 0.25) is 0 Å². The summed E-state index contributed by atoms with van der Waals surface area (Å²) in [7, 11) is 0. The van der Waals surface area contributed by atoms with Crippen molar-refractivity contribution in [3.8, 4) is 5.69 Å². The molecule has 0 radical (unpaired) electrons. The molecule has 0 bridgehead atoms. The second kappa shape index (κ2) is 3.99. The summed E-state index contributed by atoms with van der Waals surface area (Å²) in [6, 6.07) is 6.38. The standard InChI is InChI=1S/C14H17FN2/c1-10-13(14(2,3)4)9-16-17(10)12-7-5-11(15)6-8-12/h5-9H,1-4H3. The molecule has 17 heavy (non-hydrogen) atoms. The van der Waals surface area contributed by atoms with Crippen LogP contribution in [0.5, 0.6) is 0 Å². The molecule has 1 aromatic heterocycles. The van der Waals surface area contributed by atoms with Crippen LogP contribution >= 0.6 is 0 Å². The average molecular weight is 232 g/mol. The first-order valence-corrected chi connectivity index (χ1v) is 5.70. The molecular weight excluding hydrogens is 215 g/mol. The molecule has 0 aliphatic heterocycles. The largest absolute Gasteiger partial charge is 0.238 e. The van der Waals surface area contributed by atoms with Gasteiger partial charge in [-0.05, 0) is 42.2 Å². The molecule has 2 rings (SSSR count). The van der Waals surface area contributed by atoms with E-state index in [2.05, 4.69) is 25.9 Å². The van der Waals surface area contributed by atoms with Gasteiger partial charge in [-0.15, -0.1) is 0 Å². The van der Waals surface area contributed by atoms with Gasteiger partial charge in [-0.1, -0.05) is 20.8 Å². The van der Waals surface area contributed by atoms with E-state index < -0.39 is 0 Å². The smallest absolute Gasteiger partial charge is 0.123 e. The van der Waals surface area contributed by atoms with Gasteiger partial charge in [0.05, 0.1) is 11.9 Å². The van der Waals surface area contributed by atoms with Gasteiger partial charge < -0.3 is 0 Å². The van der Waals surface area contributed by atoms with Crippen LogP contribution in [0, 0.1) is 12.7 Å². The van der Waals surface area contributed by atoms with Crippen molar-refractivity contribution in [2.45, 2.75) is 33.1 Å². The summed E-state index contributed by atoms with van der Waals surface area (Å²) in [5.41, 5.74) is 3.27. The molecule has 1 aromatic carbocycles. The summed E-state index contributed by atoms with van der Waals surface area (Å²) in [5.74, 6) is -0.227. The van der Waals surface area contributed by atoms with Crippen LogP contribution in [-0.2, 0) is 5.41 Å². The highest BCUT2D eigenvalue weighted by Gasteiger charge is 2.20. The molecule has 3 heteroatoms. The van der Waals surface area contributed by atoms with E-state index in [0.717, 1.165) is 11.4 Å². The molecule has 0 saturated carbocycles. The fraction of sp³-hybridized carbons (Fsp3) is 0.357. The highest BCUT2D eigenvalue weighted by molar-refractivity contribution is 5.36. The van der Waals surface area contributed by atoms with Gasteiger partial charge in [-0.2, -0.15) is 5.10 Å². The van der Waals surface area contributed by atoms with E-state index >= 15 is 0 Å². The molecule has 0 N–H and O–H groups in total. The third-order valence-electron chi connectivity index (χ3n) is 2.89. The lowest BCUT2D eigenvalue weighted by molar-refractivity contribution is 0.585. The van der Waals surface area contributed by atoms with E-state index in [1.165, 1.54) is 17.7 Å². The minimum absolute atomic E-state index is 0.0718. The van der Waals surface area contributed by atoms with Crippen LogP contribution in [0.25, 0.3) is 5.69 Å². The van der Waals surface area contributed by atoms with Crippen molar-refractivity contribution in [3.05, 3.63) is 47.5 Å². The summed E-state index contributed by atoms with van der Waals surface area (Å²) in [6.45, 7) is 8.51. The number of nitrogens with zero attached hydrogens (tertiary/aromatic N) is 2. The number of hydrogen-bond acceptors (Lipinski definition) is 1. The molecule has 0 unspecified atom stereocenters. The van der Waals surface area contributed by atoms with Crippen LogP contribution in [-0.4, -0.2) is 9.78 Å². The second-order valence-corrected chi connectivity index (χ2v) is 5.28. The third kappa shape index (κ3) is 2.23. The molecule has 2 aromatic rings. The molecule has 0 amide bonds. The zero-order chi connectivity index (χ0) is 12.6. The quantitative estimate of drug-likeness (QED) is 0.734. The van der Waals surface area contributed by atoms with Crippen LogP contribution in [0.3, 0.4) is 0 Å². The molecular formula is C14H17FN2. The number of aromatic nitrogens is 2. The zero-order valence-electron chi connectivity index (χ0n) is 10.7. The van der Waals surface area contributed by atoms with Crippen molar-refractivity contribution in [2.75, 3.05) is 0 Å².